The number of piperazine rings is 1. The van der Waals surface area contributed by atoms with Gasteiger partial charge in [-0.05, 0) is 29.7 Å². The normalized spacial score (nSPS) is 19.7. The Labute approximate surface area is 172 Å². The zero-order valence-corrected chi connectivity index (χ0v) is 17.0. The van der Waals surface area contributed by atoms with Gasteiger partial charge in [0, 0.05) is 52.4 Å². The van der Waals surface area contributed by atoms with Gasteiger partial charge >= 0.3 is 0 Å². The van der Waals surface area contributed by atoms with E-state index in [1.165, 1.54) is 5.56 Å². The van der Waals surface area contributed by atoms with Crippen LogP contribution in [0.1, 0.15) is 36.2 Å². The van der Waals surface area contributed by atoms with Crippen molar-refractivity contribution in [1.82, 2.24) is 19.7 Å². The first-order valence-corrected chi connectivity index (χ1v) is 10.4. The average molecular weight is 393 g/mol. The summed E-state index contributed by atoms with van der Waals surface area (Å²) in [6.45, 7) is 6.24. The summed E-state index contributed by atoms with van der Waals surface area (Å²) in [6, 6.07) is 14.0. The zero-order valence-electron chi connectivity index (χ0n) is 17.0. The van der Waals surface area contributed by atoms with E-state index >= 15 is 0 Å². The minimum atomic E-state index is -0.156. The quantitative estimate of drug-likeness (QED) is 0.801. The van der Waals surface area contributed by atoms with Gasteiger partial charge in [0.15, 0.2) is 0 Å². The van der Waals surface area contributed by atoms with E-state index in [1.807, 2.05) is 46.3 Å². The highest BCUT2D eigenvalue weighted by Gasteiger charge is 2.32. The first kappa shape index (κ1) is 19.6. The molecule has 0 bridgehead atoms. The number of fused-ring (bicyclic) bond motifs is 1. The van der Waals surface area contributed by atoms with Crippen molar-refractivity contribution in [2.45, 2.75) is 32.4 Å². The Kier molecular flexibility index (Phi) is 5.90. The van der Waals surface area contributed by atoms with Gasteiger partial charge in [-0.2, -0.15) is 0 Å². The lowest BCUT2D eigenvalue weighted by Gasteiger charge is -2.39. The van der Waals surface area contributed by atoms with E-state index in [4.69, 9.17) is 0 Å². The van der Waals surface area contributed by atoms with Crippen LogP contribution in [0.2, 0.25) is 0 Å². The number of hydrogen-bond donors (Lipinski definition) is 0. The molecule has 1 unspecified atom stereocenters. The summed E-state index contributed by atoms with van der Waals surface area (Å²) < 4.78 is 0. The van der Waals surface area contributed by atoms with Crippen LogP contribution in [0.25, 0.3) is 0 Å². The fraction of sp³-hybridized carbons (Fsp3) is 0.435. The first-order chi connectivity index (χ1) is 14.1. The van der Waals surface area contributed by atoms with Crippen LogP contribution in [0.4, 0.5) is 0 Å². The van der Waals surface area contributed by atoms with E-state index in [0.717, 1.165) is 50.4 Å². The van der Waals surface area contributed by atoms with E-state index < -0.39 is 0 Å². The first-order valence-electron chi connectivity index (χ1n) is 10.4. The Hall–Kier alpha value is -2.73. The predicted molar refractivity (Wildman–Crippen MR) is 111 cm³/mol. The van der Waals surface area contributed by atoms with Gasteiger partial charge in [-0.25, -0.2) is 0 Å². The minimum absolute atomic E-state index is 0.0393. The van der Waals surface area contributed by atoms with Crippen LogP contribution in [0.15, 0.2) is 48.7 Å². The van der Waals surface area contributed by atoms with Crippen molar-refractivity contribution >= 4 is 11.8 Å². The smallest absolute Gasteiger partial charge is 0.225 e. The predicted octanol–water partition coefficient (Wildman–Crippen LogP) is 2.26. The monoisotopic (exact) mass is 392 g/mol. The van der Waals surface area contributed by atoms with E-state index in [-0.39, 0.29) is 17.9 Å². The molecule has 1 saturated heterocycles. The number of carbonyl (C=O) groups is 2. The summed E-state index contributed by atoms with van der Waals surface area (Å²) in [6.07, 6.45) is 3.03. The summed E-state index contributed by atoms with van der Waals surface area (Å²) in [4.78, 5) is 35.8. The van der Waals surface area contributed by atoms with Crippen molar-refractivity contribution in [1.29, 1.82) is 0 Å². The molecule has 4 rings (SSSR count). The number of benzene rings is 1. The highest BCUT2D eigenvalue weighted by Crippen LogP contribution is 2.32. The number of amides is 2. The topological polar surface area (TPSA) is 56.8 Å². The Morgan fingerprint density at radius 1 is 1.00 bits per heavy atom. The molecule has 1 aromatic heterocycles. The molecular weight excluding hydrogens is 364 g/mol. The fourth-order valence-corrected chi connectivity index (χ4v) is 4.42. The van der Waals surface area contributed by atoms with Crippen LogP contribution in [0, 0.1) is 0 Å². The van der Waals surface area contributed by atoms with Crippen molar-refractivity contribution in [3.8, 4) is 0 Å². The zero-order chi connectivity index (χ0) is 20.2. The number of nitrogens with zero attached hydrogens (tertiary/aromatic N) is 4. The van der Waals surface area contributed by atoms with Crippen molar-refractivity contribution < 1.29 is 9.59 Å². The average Bonchev–Trinajstić information content (AvgIpc) is 2.75. The molecule has 0 saturated carbocycles. The second kappa shape index (κ2) is 8.74. The number of aromatic nitrogens is 1. The highest BCUT2D eigenvalue weighted by molar-refractivity contribution is 5.80. The molecule has 1 atom stereocenters. The van der Waals surface area contributed by atoms with Gasteiger partial charge in [-0.3, -0.25) is 19.5 Å². The number of carbonyl (C=O) groups excluding carboxylic acids is 2. The Morgan fingerprint density at radius 2 is 1.76 bits per heavy atom. The largest absolute Gasteiger partial charge is 0.340 e. The van der Waals surface area contributed by atoms with Gasteiger partial charge in [0.05, 0.1) is 18.2 Å². The minimum Gasteiger partial charge on any atom is -0.340 e. The van der Waals surface area contributed by atoms with Gasteiger partial charge in [0.1, 0.15) is 0 Å². The van der Waals surface area contributed by atoms with Gasteiger partial charge in [-0.15, -0.1) is 0 Å². The molecule has 0 radical (unpaired) electrons. The van der Waals surface area contributed by atoms with Crippen LogP contribution in [-0.4, -0.2) is 64.2 Å². The number of pyridine rings is 1. The summed E-state index contributed by atoms with van der Waals surface area (Å²) in [5.41, 5.74) is 3.43. The van der Waals surface area contributed by atoms with Crippen molar-refractivity contribution in [2.75, 3.05) is 32.7 Å². The van der Waals surface area contributed by atoms with Gasteiger partial charge in [0.2, 0.25) is 11.8 Å². The van der Waals surface area contributed by atoms with E-state index in [2.05, 4.69) is 22.0 Å². The standard InChI is InChI=1S/C23H28N4O2/c1-18(28)27-11-9-19-6-2-3-8-21(19)22(27)16-23(29)26-14-12-25(13-15-26)17-20-7-4-5-10-24-20/h2-8,10,22H,9,11-17H2,1H3. The maximum atomic E-state index is 13.1. The molecule has 0 aliphatic carbocycles. The highest BCUT2D eigenvalue weighted by atomic mass is 16.2. The van der Waals surface area contributed by atoms with Crippen LogP contribution in [0.3, 0.4) is 0 Å². The SMILES string of the molecule is CC(=O)N1CCc2ccccc2C1CC(=O)N1CCN(Cc2ccccn2)CC1. The third-order valence-corrected chi connectivity index (χ3v) is 6.02. The Balaban J connectivity index is 1.38. The lowest BCUT2D eigenvalue weighted by atomic mass is 9.90. The third-order valence-electron chi connectivity index (χ3n) is 6.02. The molecule has 29 heavy (non-hydrogen) atoms. The molecule has 0 spiro atoms. The van der Waals surface area contributed by atoms with Crippen molar-refractivity contribution in [3.63, 3.8) is 0 Å². The maximum absolute atomic E-state index is 13.1. The summed E-state index contributed by atoms with van der Waals surface area (Å²) in [5, 5.41) is 0. The molecule has 2 aromatic rings. The van der Waals surface area contributed by atoms with Crippen LogP contribution in [0.5, 0.6) is 0 Å². The van der Waals surface area contributed by atoms with Crippen molar-refractivity contribution in [2.24, 2.45) is 0 Å². The van der Waals surface area contributed by atoms with Crippen molar-refractivity contribution in [3.05, 3.63) is 65.5 Å². The molecule has 3 heterocycles. The summed E-state index contributed by atoms with van der Waals surface area (Å²) in [7, 11) is 0. The van der Waals surface area contributed by atoms with E-state index in [0.29, 0.717) is 13.0 Å². The molecule has 1 fully saturated rings. The summed E-state index contributed by atoms with van der Waals surface area (Å²) >= 11 is 0. The second-order valence-electron chi connectivity index (χ2n) is 7.86. The van der Waals surface area contributed by atoms with Gasteiger partial charge < -0.3 is 9.80 Å². The number of rotatable bonds is 4. The fourth-order valence-electron chi connectivity index (χ4n) is 4.42. The lowest BCUT2D eigenvalue weighted by molar-refractivity contribution is -0.137. The number of hydrogen-bond acceptors (Lipinski definition) is 4. The van der Waals surface area contributed by atoms with Crippen LogP contribution >= 0.6 is 0 Å². The van der Waals surface area contributed by atoms with Gasteiger partial charge in [0.25, 0.3) is 0 Å². The molecule has 6 nitrogen and oxygen atoms in total. The lowest BCUT2D eigenvalue weighted by Crippen LogP contribution is -2.49. The van der Waals surface area contributed by atoms with E-state index in [9.17, 15) is 9.59 Å². The maximum Gasteiger partial charge on any atom is 0.225 e. The molecule has 2 aliphatic heterocycles. The molecular formula is C23H28N4O2. The third kappa shape index (κ3) is 4.48. The Morgan fingerprint density at radius 3 is 2.48 bits per heavy atom. The molecule has 1 aromatic carbocycles. The molecule has 0 N–H and O–H groups in total. The molecule has 152 valence electrons. The van der Waals surface area contributed by atoms with E-state index in [1.54, 1.807) is 6.92 Å². The second-order valence-corrected chi connectivity index (χ2v) is 7.86. The van der Waals surface area contributed by atoms with Crippen LogP contribution in [-0.2, 0) is 22.6 Å². The molecule has 2 aliphatic rings. The molecule has 2 amide bonds. The van der Waals surface area contributed by atoms with Crippen LogP contribution < -0.4 is 0 Å². The van der Waals surface area contributed by atoms with Gasteiger partial charge in [-0.1, -0.05) is 30.3 Å². The molecule has 6 heteroatoms. The summed E-state index contributed by atoms with van der Waals surface area (Å²) in [5.74, 6) is 0.174. The Bertz CT molecular complexity index is 862.